The normalized spacial score (nSPS) is 24.2. The molecular weight excluding hydrogens is 228 g/mol. The van der Waals surface area contributed by atoms with Gasteiger partial charge in [0.2, 0.25) is 0 Å². The minimum Gasteiger partial charge on any atom is -0.480 e. The first kappa shape index (κ1) is 11.5. The van der Waals surface area contributed by atoms with Crippen molar-refractivity contribution in [1.29, 1.82) is 0 Å². The summed E-state index contributed by atoms with van der Waals surface area (Å²) in [5.41, 5.74) is 2.69. The van der Waals surface area contributed by atoms with E-state index in [-0.39, 0.29) is 12.6 Å². The number of aromatic nitrogens is 1. The third-order valence-corrected chi connectivity index (χ3v) is 3.44. The lowest BCUT2D eigenvalue weighted by atomic mass is 10.1. The molecule has 2 unspecified atom stereocenters. The van der Waals surface area contributed by atoms with Crippen LogP contribution >= 0.6 is 11.3 Å². The molecule has 1 aliphatic heterocycles. The molecule has 2 rings (SSSR count). The van der Waals surface area contributed by atoms with Gasteiger partial charge in [-0.05, 0) is 6.92 Å². The Hall–Kier alpha value is -0.980. The van der Waals surface area contributed by atoms with Crippen molar-refractivity contribution in [3.8, 4) is 0 Å². The number of rotatable bonds is 3. The average molecular weight is 242 g/mol. The van der Waals surface area contributed by atoms with E-state index in [1.807, 2.05) is 17.2 Å². The zero-order valence-electron chi connectivity index (χ0n) is 9.00. The van der Waals surface area contributed by atoms with Gasteiger partial charge in [0.15, 0.2) is 0 Å². The van der Waals surface area contributed by atoms with Crippen LogP contribution in [0.4, 0.5) is 0 Å². The van der Waals surface area contributed by atoms with Crippen LogP contribution in [0.2, 0.25) is 0 Å². The monoisotopic (exact) mass is 242 g/mol. The second-order valence-electron chi connectivity index (χ2n) is 3.76. The molecule has 6 heteroatoms. The van der Waals surface area contributed by atoms with Crippen LogP contribution in [0.5, 0.6) is 0 Å². The Morgan fingerprint density at radius 1 is 1.81 bits per heavy atom. The van der Waals surface area contributed by atoms with Crippen molar-refractivity contribution in [3.05, 3.63) is 16.6 Å². The van der Waals surface area contributed by atoms with E-state index in [4.69, 9.17) is 9.84 Å². The molecular formula is C10H14N2O3S. The van der Waals surface area contributed by atoms with E-state index in [1.165, 1.54) is 11.3 Å². The number of hydrogen-bond donors (Lipinski definition) is 1. The number of nitrogens with zero attached hydrogens (tertiary/aromatic N) is 2. The molecule has 1 aromatic rings. The van der Waals surface area contributed by atoms with E-state index >= 15 is 0 Å². The highest BCUT2D eigenvalue weighted by Crippen LogP contribution is 2.24. The SMILES string of the molecule is CC(c1cscn1)N1CCOCC1C(=O)O. The summed E-state index contributed by atoms with van der Waals surface area (Å²) in [7, 11) is 0. The van der Waals surface area contributed by atoms with Gasteiger partial charge in [-0.1, -0.05) is 0 Å². The molecule has 88 valence electrons. The maximum Gasteiger partial charge on any atom is 0.323 e. The van der Waals surface area contributed by atoms with Gasteiger partial charge in [-0.3, -0.25) is 9.69 Å². The van der Waals surface area contributed by atoms with Crippen LogP contribution in [0.25, 0.3) is 0 Å². The highest BCUT2D eigenvalue weighted by Gasteiger charge is 2.33. The fourth-order valence-electron chi connectivity index (χ4n) is 1.89. The van der Waals surface area contributed by atoms with Crippen molar-refractivity contribution in [2.75, 3.05) is 19.8 Å². The van der Waals surface area contributed by atoms with Gasteiger partial charge >= 0.3 is 5.97 Å². The van der Waals surface area contributed by atoms with Gasteiger partial charge in [-0.25, -0.2) is 4.98 Å². The average Bonchev–Trinajstić information content (AvgIpc) is 2.81. The first-order valence-electron chi connectivity index (χ1n) is 5.14. The number of carboxylic acids is 1. The highest BCUT2D eigenvalue weighted by molar-refractivity contribution is 7.07. The van der Waals surface area contributed by atoms with Crippen molar-refractivity contribution in [3.63, 3.8) is 0 Å². The van der Waals surface area contributed by atoms with Gasteiger partial charge in [0, 0.05) is 11.9 Å². The molecule has 1 fully saturated rings. The van der Waals surface area contributed by atoms with Crippen LogP contribution in [-0.2, 0) is 9.53 Å². The molecule has 1 aliphatic rings. The van der Waals surface area contributed by atoms with Gasteiger partial charge in [0.25, 0.3) is 0 Å². The molecule has 0 saturated carbocycles. The van der Waals surface area contributed by atoms with E-state index in [0.717, 1.165) is 5.69 Å². The summed E-state index contributed by atoms with van der Waals surface area (Å²) in [6.45, 7) is 3.45. The number of thiazole rings is 1. The van der Waals surface area contributed by atoms with E-state index in [0.29, 0.717) is 13.2 Å². The van der Waals surface area contributed by atoms with Crippen LogP contribution in [0.3, 0.4) is 0 Å². The van der Waals surface area contributed by atoms with Crippen molar-refractivity contribution in [1.82, 2.24) is 9.88 Å². The fourth-order valence-corrected chi connectivity index (χ4v) is 2.53. The Bertz CT molecular complexity index is 355. The molecule has 1 N–H and O–H groups in total. The zero-order chi connectivity index (χ0) is 11.5. The molecule has 0 aromatic carbocycles. The van der Waals surface area contributed by atoms with Crippen LogP contribution in [0, 0.1) is 0 Å². The molecule has 0 radical (unpaired) electrons. The fraction of sp³-hybridized carbons (Fsp3) is 0.600. The van der Waals surface area contributed by atoms with Crippen LogP contribution < -0.4 is 0 Å². The maximum atomic E-state index is 11.1. The summed E-state index contributed by atoms with van der Waals surface area (Å²) < 4.78 is 5.20. The third kappa shape index (κ3) is 2.23. The quantitative estimate of drug-likeness (QED) is 0.856. The van der Waals surface area contributed by atoms with Crippen LogP contribution in [0.1, 0.15) is 18.7 Å². The van der Waals surface area contributed by atoms with E-state index in [9.17, 15) is 4.79 Å². The predicted molar refractivity (Wildman–Crippen MR) is 59.5 cm³/mol. The Morgan fingerprint density at radius 2 is 2.62 bits per heavy atom. The van der Waals surface area contributed by atoms with Gasteiger partial charge in [0.1, 0.15) is 6.04 Å². The number of hydrogen-bond acceptors (Lipinski definition) is 5. The molecule has 2 atom stereocenters. The largest absolute Gasteiger partial charge is 0.480 e. The standard InChI is InChI=1S/C10H14N2O3S/c1-7(8-5-16-6-11-8)12-2-3-15-4-9(12)10(13)14/h5-7,9H,2-4H2,1H3,(H,13,14). The summed E-state index contributed by atoms with van der Waals surface area (Å²) in [5.74, 6) is -0.832. The Labute approximate surface area is 97.7 Å². The predicted octanol–water partition coefficient (Wildman–Crippen LogP) is 0.989. The van der Waals surface area contributed by atoms with Gasteiger partial charge in [-0.15, -0.1) is 11.3 Å². The first-order chi connectivity index (χ1) is 7.70. The lowest BCUT2D eigenvalue weighted by molar-refractivity contribution is -0.151. The lowest BCUT2D eigenvalue weighted by Crippen LogP contribution is -2.50. The molecule has 0 bridgehead atoms. The zero-order valence-corrected chi connectivity index (χ0v) is 9.81. The number of carboxylic acid groups (broad SMARTS) is 1. The van der Waals surface area contributed by atoms with Crippen LogP contribution in [-0.4, -0.2) is 46.8 Å². The van der Waals surface area contributed by atoms with Crippen LogP contribution in [0.15, 0.2) is 10.9 Å². The molecule has 5 nitrogen and oxygen atoms in total. The maximum absolute atomic E-state index is 11.1. The Balaban J connectivity index is 2.14. The number of aliphatic carboxylic acids is 1. The van der Waals surface area contributed by atoms with Gasteiger partial charge in [0.05, 0.1) is 30.5 Å². The summed E-state index contributed by atoms with van der Waals surface area (Å²) in [5, 5.41) is 11.1. The van der Waals surface area contributed by atoms with Crippen molar-refractivity contribution in [2.24, 2.45) is 0 Å². The topological polar surface area (TPSA) is 62.7 Å². The van der Waals surface area contributed by atoms with E-state index in [1.54, 1.807) is 5.51 Å². The second kappa shape index (κ2) is 4.90. The molecule has 2 heterocycles. The minimum atomic E-state index is -0.832. The van der Waals surface area contributed by atoms with E-state index < -0.39 is 12.0 Å². The van der Waals surface area contributed by atoms with E-state index in [2.05, 4.69) is 4.98 Å². The summed E-state index contributed by atoms with van der Waals surface area (Å²) in [6, 6.07) is -0.540. The number of ether oxygens (including phenoxy) is 1. The lowest BCUT2D eigenvalue weighted by Gasteiger charge is -2.36. The van der Waals surface area contributed by atoms with Gasteiger partial charge in [-0.2, -0.15) is 0 Å². The molecule has 0 aliphatic carbocycles. The number of morpholine rings is 1. The molecule has 1 aromatic heterocycles. The van der Waals surface area contributed by atoms with Crippen molar-refractivity contribution in [2.45, 2.75) is 19.0 Å². The minimum absolute atomic E-state index is 0.0243. The smallest absolute Gasteiger partial charge is 0.323 e. The summed E-state index contributed by atoms with van der Waals surface area (Å²) in [4.78, 5) is 17.3. The summed E-state index contributed by atoms with van der Waals surface area (Å²) in [6.07, 6.45) is 0. The Morgan fingerprint density at radius 3 is 3.25 bits per heavy atom. The summed E-state index contributed by atoms with van der Waals surface area (Å²) >= 11 is 1.53. The molecule has 16 heavy (non-hydrogen) atoms. The number of carbonyl (C=O) groups is 1. The molecule has 1 saturated heterocycles. The van der Waals surface area contributed by atoms with Crippen molar-refractivity contribution < 1.29 is 14.6 Å². The highest BCUT2D eigenvalue weighted by atomic mass is 32.1. The van der Waals surface area contributed by atoms with Crippen molar-refractivity contribution >= 4 is 17.3 Å². The third-order valence-electron chi connectivity index (χ3n) is 2.83. The van der Waals surface area contributed by atoms with Gasteiger partial charge < -0.3 is 9.84 Å². The Kier molecular flexibility index (Phi) is 3.52. The first-order valence-corrected chi connectivity index (χ1v) is 6.09. The second-order valence-corrected chi connectivity index (χ2v) is 4.47. The molecule has 0 amide bonds. The molecule has 0 spiro atoms.